The molecular formula is C9H15F3N2O2. The second kappa shape index (κ2) is 5.49. The molecule has 0 spiro atoms. The van der Waals surface area contributed by atoms with Gasteiger partial charge in [-0.2, -0.15) is 13.2 Å². The van der Waals surface area contributed by atoms with Crippen LogP contribution < -0.4 is 10.6 Å². The standard InChI is InChI=1S/C9H15F3N2O2/c1-16-6-4-7(14-5-6)8(15)13-3-2-9(10,11)12/h6-7,14H,2-5H2,1H3,(H,13,15)/t6-,7+/m1/s1. The van der Waals surface area contributed by atoms with Gasteiger partial charge in [-0.25, -0.2) is 0 Å². The summed E-state index contributed by atoms with van der Waals surface area (Å²) >= 11 is 0. The van der Waals surface area contributed by atoms with E-state index in [4.69, 9.17) is 4.74 Å². The fourth-order valence-electron chi connectivity index (χ4n) is 1.53. The normalized spacial score (nSPS) is 25.8. The molecule has 0 aromatic rings. The molecule has 1 rings (SSSR count). The maximum atomic E-state index is 11.8. The van der Waals surface area contributed by atoms with Crippen molar-refractivity contribution in [2.45, 2.75) is 31.2 Å². The van der Waals surface area contributed by atoms with Crippen LogP contribution in [-0.4, -0.2) is 44.4 Å². The van der Waals surface area contributed by atoms with Crippen molar-refractivity contribution >= 4 is 5.91 Å². The molecule has 94 valence electrons. The third kappa shape index (κ3) is 4.36. The first-order valence-electron chi connectivity index (χ1n) is 5.03. The van der Waals surface area contributed by atoms with E-state index >= 15 is 0 Å². The summed E-state index contributed by atoms with van der Waals surface area (Å²) in [4.78, 5) is 11.4. The highest BCUT2D eigenvalue weighted by Gasteiger charge is 2.30. The van der Waals surface area contributed by atoms with Crippen molar-refractivity contribution in [2.75, 3.05) is 20.2 Å². The Morgan fingerprint density at radius 1 is 1.56 bits per heavy atom. The zero-order valence-electron chi connectivity index (χ0n) is 8.93. The number of ether oxygens (including phenoxy) is 1. The average Bonchev–Trinajstić information content (AvgIpc) is 2.63. The number of amides is 1. The smallest absolute Gasteiger partial charge is 0.380 e. The van der Waals surface area contributed by atoms with Gasteiger partial charge < -0.3 is 15.4 Å². The molecule has 0 unspecified atom stereocenters. The maximum Gasteiger partial charge on any atom is 0.390 e. The van der Waals surface area contributed by atoms with E-state index in [1.165, 1.54) is 7.11 Å². The number of methoxy groups -OCH3 is 1. The van der Waals surface area contributed by atoms with E-state index in [9.17, 15) is 18.0 Å². The molecule has 2 N–H and O–H groups in total. The van der Waals surface area contributed by atoms with Crippen LogP contribution in [0.2, 0.25) is 0 Å². The van der Waals surface area contributed by atoms with Gasteiger partial charge in [-0.3, -0.25) is 4.79 Å². The molecule has 0 radical (unpaired) electrons. The lowest BCUT2D eigenvalue weighted by molar-refractivity contribution is -0.136. The first kappa shape index (κ1) is 13.2. The Kier molecular flexibility index (Phi) is 4.55. The molecule has 4 nitrogen and oxygen atoms in total. The van der Waals surface area contributed by atoms with E-state index in [0.29, 0.717) is 13.0 Å². The molecule has 2 atom stereocenters. The molecule has 1 amide bonds. The molecular weight excluding hydrogens is 225 g/mol. The third-order valence-corrected chi connectivity index (χ3v) is 2.45. The van der Waals surface area contributed by atoms with Gasteiger partial charge in [0.05, 0.1) is 18.6 Å². The maximum absolute atomic E-state index is 11.8. The van der Waals surface area contributed by atoms with Crippen LogP contribution in [-0.2, 0) is 9.53 Å². The monoisotopic (exact) mass is 240 g/mol. The molecule has 16 heavy (non-hydrogen) atoms. The van der Waals surface area contributed by atoms with Crippen LogP contribution in [0.1, 0.15) is 12.8 Å². The Balaban J connectivity index is 2.21. The molecule has 1 aliphatic rings. The van der Waals surface area contributed by atoms with Gasteiger partial charge in [-0.1, -0.05) is 0 Å². The summed E-state index contributed by atoms with van der Waals surface area (Å²) in [6, 6.07) is -0.446. The average molecular weight is 240 g/mol. The van der Waals surface area contributed by atoms with Crippen molar-refractivity contribution in [3.05, 3.63) is 0 Å². The van der Waals surface area contributed by atoms with E-state index in [0.717, 1.165) is 0 Å². The van der Waals surface area contributed by atoms with Gasteiger partial charge in [0.15, 0.2) is 0 Å². The zero-order valence-corrected chi connectivity index (χ0v) is 8.93. The minimum atomic E-state index is -4.23. The highest BCUT2D eigenvalue weighted by molar-refractivity contribution is 5.82. The third-order valence-electron chi connectivity index (χ3n) is 2.45. The van der Waals surface area contributed by atoms with Crippen LogP contribution in [0.5, 0.6) is 0 Å². The summed E-state index contributed by atoms with van der Waals surface area (Å²) in [5.41, 5.74) is 0. The van der Waals surface area contributed by atoms with Gasteiger partial charge in [0.1, 0.15) is 0 Å². The summed E-state index contributed by atoms with van der Waals surface area (Å²) < 4.78 is 40.5. The van der Waals surface area contributed by atoms with Crippen molar-refractivity contribution in [2.24, 2.45) is 0 Å². The molecule has 0 saturated carbocycles. The first-order valence-corrected chi connectivity index (χ1v) is 5.03. The topological polar surface area (TPSA) is 50.4 Å². The summed E-state index contributed by atoms with van der Waals surface area (Å²) in [5.74, 6) is -0.399. The predicted molar refractivity (Wildman–Crippen MR) is 50.9 cm³/mol. The van der Waals surface area contributed by atoms with E-state index in [2.05, 4.69) is 10.6 Å². The molecule has 0 aliphatic carbocycles. The second-order valence-corrected chi connectivity index (χ2v) is 3.71. The van der Waals surface area contributed by atoms with E-state index < -0.39 is 24.5 Å². The lowest BCUT2D eigenvalue weighted by Crippen LogP contribution is -2.41. The molecule has 0 aromatic carbocycles. The van der Waals surface area contributed by atoms with Crippen LogP contribution in [0.4, 0.5) is 13.2 Å². The summed E-state index contributed by atoms with van der Waals surface area (Å²) in [5, 5.41) is 5.14. The Labute approximate surface area is 91.5 Å². The quantitative estimate of drug-likeness (QED) is 0.749. The van der Waals surface area contributed by atoms with Crippen LogP contribution in [0.15, 0.2) is 0 Å². The van der Waals surface area contributed by atoms with E-state index in [1.54, 1.807) is 0 Å². The highest BCUT2D eigenvalue weighted by Crippen LogP contribution is 2.18. The SMILES string of the molecule is CO[C@H]1CN[C@H](C(=O)NCCC(F)(F)F)C1. The first-order chi connectivity index (χ1) is 7.42. The molecule has 7 heteroatoms. The number of nitrogens with one attached hydrogen (secondary N) is 2. The van der Waals surface area contributed by atoms with E-state index in [-0.39, 0.29) is 12.6 Å². The van der Waals surface area contributed by atoms with Crippen molar-refractivity contribution in [3.8, 4) is 0 Å². The Morgan fingerprint density at radius 2 is 2.25 bits per heavy atom. The Hall–Kier alpha value is -0.820. The minimum absolute atomic E-state index is 0.0432. The molecule has 1 fully saturated rings. The number of carbonyl (C=O) groups is 1. The fourth-order valence-corrected chi connectivity index (χ4v) is 1.53. The number of halogens is 3. The Bertz CT molecular complexity index is 245. The lowest BCUT2D eigenvalue weighted by atomic mass is 10.2. The molecule has 1 heterocycles. The lowest BCUT2D eigenvalue weighted by Gasteiger charge is -2.12. The van der Waals surface area contributed by atoms with Crippen molar-refractivity contribution in [1.29, 1.82) is 0 Å². The molecule has 1 saturated heterocycles. The van der Waals surface area contributed by atoms with Crippen LogP contribution in [0.25, 0.3) is 0 Å². The number of hydrogen-bond acceptors (Lipinski definition) is 3. The van der Waals surface area contributed by atoms with Crippen molar-refractivity contribution in [3.63, 3.8) is 0 Å². The van der Waals surface area contributed by atoms with Crippen LogP contribution >= 0.6 is 0 Å². The number of hydrogen-bond donors (Lipinski definition) is 2. The number of alkyl halides is 3. The van der Waals surface area contributed by atoms with Gasteiger partial charge in [0.25, 0.3) is 0 Å². The summed E-state index contributed by atoms with van der Waals surface area (Å²) in [6.45, 7) is 0.173. The highest BCUT2D eigenvalue weighted by atomic mass is 19.4. The summed E-state index contributed by atoms with van der Waals surface area (Å²) in [7, 11) is 1.54. The van der Waals surface area contributed by atoms with Gasteiger partial charge >= 0.3 is 6.18 Å². The van der Waals surface area contributed by atoms with Gasteiger partial charge in [0.2, 0.25) is 5.91 Å². The van der Waals surface area contributed by atoms with Gasteiger partial charge in [-0.15, -0.1) is 0 Å². The Morgan fingerprint density at radius 3 is 2.75 bits per heavy atom. The largest absolute Gasteiger partial charge is 0.390 e. The molecule has 1 aliphatic heterocycles. The minimum Gasteiger partial charge on any atom is -0.380 e. The van der Waals surface area contributed by atoms with Crippen LogP contribution in [0, 0.1) is 0 Å². The molecule has 0 bridgehead atoms. The fraction of sp³-hybridized carbons (Fsp3) is 0.889. The van der Waals surface area contributed by atoms with Gasteiger partial charge in [0, 0.05) is 20.2 Å². The summed E-state index contributed by atoms with van der Waals surface area (Å²) in [6.07, 6.45) is -4.78. The molecule has 0 aromatic heterocycles. The number of carbonyl (C=O) groups excluding carboxylic acids is 1. The number of rotatable bonds is 4. The van der Waals surface area contributed by atoms with Crippen molar-refractivity contribution < 1.29 is 22.7 Å². The zero-order chi connectivity index (χ0) is 12.2. The van der Waals surface area contributed by atoms with Crippen LogP contribution in [0.3, 0.4) is 0 Å². The van der Waals surface area contributed by atoms with Gasteiger partial charge in [-0.05, 0) is 6.42 Å². The predicted octanol–water partition coefficient (Wildman–Crippen LogP) is 0.432. The second-order valence-electron chi connectivity index (χ2n) is 3.71. The van der Waals surface area contributed by atoms with E-state index in [1.807, 2.05) is 0 Å². The van der Waals surface area contributed by atoms with Crippen molar-refractivity contribution in [1.82, 2.24) is 10.6 Å².